The van der Waals surface area contributed by atoms with Gasteiger partial charge < -0.3 is 10.8 Å². The molecule has 0 aliphatic heterocycles. The molecule has 0 fully saturated rings. The van der Waals surface area contributed by atoms with Crippen molar-refractivity contribution in [2.75, 3.05) is 5.73 Å². The fourth-order valence-electron chi connectivity index (χ4n) is 2.41. The Morgan fingerprint density at radius 2 is 2.04 bits per heavy atom. The summed E-state index contributed by atoms with van der Waals surface area (Å²) in [5.41, 5.74) is 4.73. The Hall–Kier alpha value is -3.14. The fraction of sp³-hybridized carbons (Fsp3) is 0.0714. The number of sulfone groups is 1. The molecule has 0 aliphatic carbocycles. The van der Waals surface area contributed by atoms with Gasteiger partial charge in [0.2, 0.25) is 15.7 Å². The molecule has 1 aromatic carbocycles. The number of aromatic hydroxyl groups is 1. The number of hydrogen-bond acceptors (Lipinski definition) is 7. The van der Waals surface area contributed by atoms with Gasteiger partial charge in [-0.2, -0.15) is 0 Å². The lowest BCUT2D eigenvalue weighted by molar-refractivity contribution is 0.0923. The molecule has 0 saturated heterocycles. The van der Waals surface area contributed by atoms with E-state index in [1.165, 1.54) is 18.3 Å². The van der Waals surface area contributed by atoms with Gasteiger partial charge in [0.05, 0.1) is 4.90 Å². The summed E-state index contributed by atoms with van der Waals surface area (Å²) < 4.78 is 26.5. The number of anilines is 1. The number of phenols is 1. The Balaban J connectivity index is 2.38. The van der Waals surface area contributed by atoms with E-state index in [1.807, 2.05) is 0 Å². The Morgan fingerprint density at radius 1 is 1.33 bits per heavy atom. The number of phenolic OH excluding ortho intramolecular Hbond substituents is 1. The number of nitrogens with zero attached hydrogens (tertiary/aromatic N) is 2. The van der Waals surface area contributed by atoms with E-state index in [1.54, 1.807) is 0 Å². The van der Waals surface area contributed by atoms with Crippen LogP contribution in [0.1, 0.15) is 11.7 Å². The molecule has 0 atom stereocenters. The van der Waals surface area contributed by atoms with E-state index in [-0.39, 0.29) is 21.5 Å². The van der Waals surface area contributed by atoms with E-state index in [9.17, 15) is 23.1 Å². The van der Waals surface area contributed by atoms with Crippen molar-refractivity contribution in [2.24, 2.45) is 0 Å². The Labute approximate surface area is 135 Å². The highest BCUT2D eigenvalue weighted by Crippen LogP contribution is 2.32. The summed E-state index contributed by atoms with van der Waals surface area (Å²) in [6.45, 7) is 1.13. The van der Waals surface area contributed by atoms with Gasteiger partial charge in [-0.3, -0.25) is 19.7 Å². The highest BCUT2D eigenvalue weighted by atomic mass is 32.2. The maximum atomic E-state index is 12.9. The Morgan fingerprint density at radius 3 is 2.67 bits per heavy atom. The van der Waals surface area contributed by atoms with Crippen molar-refractivity contribution in [3.63, 3.8) is 0 Å². The van der Waals surface area contributed by atoms with Crippen LogP contribution >= 0.6 is 0 Å². The lowest BCUT2D eigenvalue weighted by atomic mass is 10.2. The van der Waals surface area contributed by atoms with Crippen LogP contribution < -0.4 is 11.3 Å². The number of fused-ring (bicyclic) bond motifs is 1. The van der Waals surface area contributed by atoms with E-state index >= 15 is 0 Å². The molecule has 0 saturated carbocycles. The van der Waals surface area contributed by atoms with Crippen LogP contribution in [0.5, 0.6) is 5.75 Å². The smallest absolute Gasteiger partial charge is 0.285 e. The van der Waals surface area contributed by atoms with E-state index in [0.29, 0.717) is 4.68 Å². The molecule has 0 unspecified atom stereocenters. The van der Waals surface area contributed by atoms with Crippen molar-refractivity contribution in [1.29, 1.82) is 0 Å². The molecule has 4 N–H and O–H groups in total. The number of pyridine rings is 1. The number of rotatable bonds is 2. The highest BCUT2D eigenvalue weighted by Gasteiger charge is 2.30. The molecular weight excluding hydrogens is 336 g/mol. The average Bonchev–Trinajstić information content (AvgIpc) is 2.83. The number of carbonyl (C=O) groups is 1. The van der Waals surface area contributed by atoms with Crippen LogP contribution in [0.25, 0.3) is 10.9 Å². The largest absolute Gasteiger partial charge is 0.506 e. The van der Waals surface area contributed by atoms with Crippen molar-refractivity contribution in [1.82, 2.24) is 14.8 Å². The number of aromatic amines is 1. The fourth-order valence-corrected chi connectivity index (χ4v) is 3.99. The standard InChI is InChI=1S/C14H12N4O5S/c1-7(19)18-13(15)12(14(21)17-18)24(22,23)10-5-4-9(20)11-8(10)3-2-6-16-11/h2-6,20H,15H2,1H3,(H,17,21). The average molecular weight is 348 g/mol. The normalized spacial score (nSPS) is 11.7. The minimum absolute atomic E-state index is 0.0691. The minimum Gasteiger partial charge on any atom is -0.506 e. The highest BCUT2D eigenvalue weighted by molar-refractivity contribution is 7.91. The number of nitrogens with two attached hydrogens (primary N) is 1. The molecule has 0 amide bonds. The molecule has 3 rings (SSSR count). The van der Waals surface area contributed by atoms with Crippen LogP contribution in [0, 0.1) is 0 Å². The first-order valence-electron chi connectivity index (χ1n) is 6.68. The maximum absolute atomic E-state index is 12.9. The van der Waals surface area contributed by atoms with Crippen molar-refractivity contribution in [2.45, 2.75) is 16.7 Å². The summed E-state index contributed by atoms with van der Waals surface area (Å²) >= 11 is 0. The third-order valence-electron chi connectivity index (χ3n) is 3.47. The molecule has 0 spiro atoms. The molecule has 0 radical (unpaired) electrons. The van der Waals surface area contributed by atoms with Crippen molar-refractivity contribution >= 4 is 32.5 Å². The number of hydrogen-bond donors (Lipinski definition) is 3. The molecule has 10 heteroatoms. The molecule has 2 heterocycles. The van der Waals surface area contributed by atoms with Crippen LogP contribution in [0.3, 0.4) is 0 Å². The van der Waals surface area contributed by atoms with Gasteiger partial charge in [-0.05, 0) is 24.3 Å². The summed E-state index contributed by atoms with van der Waals surface area (Å²) in [5.74, 6) is -1.34. The monoisotopic (exact) mass is 348 g/mol. The van der Waals surface area contributed by atoms with E-state index < -0.39 is 32.0 Å². The molecule has 9 nitrogen and oxygen atoms in total. The Bertz CT molecular complexity index is 1140. The van der Waals surface area contributed by atoms with Crippen molar-refractivity contribution in [3.8, 4) is 5.75 Å². The Kier molecular flexibility index (Phi) is 3.41. The quantitative estimate of drug-likeness (QED) is 0.611. The zero-order valence-corrected chi connectivity index (χ0v) is 13.2. The van der Waals surface area contributed by atoms with Gasteiger partial charge in [-0.1, -0.05) is 0 Å². The molecule has 24 heavy (non-hydrogen) atoms. The van der Waals surface area contributed by atoms with Gasteiger partial charge in [0.1, 0.15) is 11.3 Å². The zero-order chi connectivity index (χ0) is 17.6. The van der Waals surface area contributed by atoms with E-state index in [4.69, 9.17) is 5.73 Å². The molecule has 0 aliphatic rings. The van der Waals surface area contributed by atoms with Crippen LogP contribution in [0.2, 0.25) is 0 Å². The molecular formula is C14H12N4O5S. The third kappa shape index (κ3) is 2.15. The summed E-state index contributed by atoms with van der Waals surface area (Å²) in [6, 6.07) is 5.25. The van der Waals surface area contributed by atoms with Crippen LogP contribution in [0.15, 0.2) is 45.0 Å². The van der Waals surface area contributed by atoms with Crippen LogP contribution in [-0.2, 0) is 9.84 Å². The second-order valence-corrected chi connectivity index (χ2v) is 6.85. The first kappa shape index (κ1) is 15.7. The summed E-state index contributed by atoms with van der Waals surface area (Å²) in [6.07, 6.45) is 1.39. The van der Waals surface area contributed by atoms with Crippen molar-refractivity contribution in [3.05, 3.63) is 40.8 Å². The lowest BCUT2D eigenvalue weighted by Gasteiger charge is -2.08. The first-order chi connectivity index (χ1) is 11.2. The summed E-state index contributed by atoms with van der Waals surface area (Å²) in [4.78, 5) is 26.4. The van der Waals surface area contributed by atoms with Gasteiger partial charge >= 0.3 is 0 Å². The summed E-state index contributed by atoms with van der Waals surface area (Å²) in [5, 5.41) is 12.0. The minimum atomic E-state index is -4.35. The summed E-state index contributed by atoms with van der Waals surface area (Å²) in [7, 11) is -4.35. The maximum Gasteiger partial charge on any atom is 0.285 e. The van der Waals surface area contributed by atoms with E-state index in [2.05, 4.69) is 10.1 Å². The number of benzene rings is 1. The van der Waals surface area contributed by atoms with Gasteiger partial charge in [0, 0.05) is 18.5 Å². The predicted molar refractivity (Wildman–Crippen MR) is 84.6 cm³/mol. The van der Waals surface area contributed by atoms with Gasteiger partial charge in [0.25, 0.3) is 5.56 Å². The lowest BCUT2D eigenvalue weighted by Crippen LogP contribution is -2.14. The molecule has 0 bridgehead atoms. The zero-order valence-electron chi connectivity index (χ0n) is 12.3. The number of carbonyl (C=O) groups excluding carboxylic acids is 1. The number of nitrogen functional groups attached to an aromatic ring is 1. The van der Waals surface area contributed by atoms with Crippen LogP contribution in [-0.4, -0.2) is 34.2 Å². The molecule has 124 valence electrons. The predicted octanol–water partition coefficient (Wildman–Crippen LogP) is 0.505. The van der Waals surface area contributed by atoms with E-state index in [0.717, 1.165) is 19.1 Å². The second-order valence-electron chi connectivity index (χ2n) is 5.00. The van der Waals surface area contributed by atoms with Crippen LogP contribution in [0.4, 0.5) is 5.82 Å². The second kappa shape index (κ2) is 5.20. The topological polar surface area (TPSA) is 148 Å². The number of nitrogens with one attached hydrogen (secondary N) is 1. The molecule has 2 aromatic heterocycles. The van der Waals surface area contributed by atoms with Gasteiger partial charge in [-0.15, -0.1) is 0 Å². The van der Waals surface area contributed by atoms with Gasteiger partial charge in [0.15, 0.2) is 10.7 Å². The SMILES string of the molecule is CC(=O)n1[nH]c(=O)c(S(=O)(=O)c2ccc(O)c3ncccc23)c1N. The van der Waals surface area contributed by atoms with Crippen molar-refractivity contribution < 1.29 is 18.3 Å². The first-order valence-corrected chi connectivity index (χ1v) is 8.16. The number of H-pyrrole nitrogens is 1. The molecule has 3 aromatic rings. The van der Waals surface area contributed by atoms with Gasteiger partial charge in [-0.25, -0.2) is 13.1 Å². The number of aromatic nitrogens is 3. The third-order valence-corrected chi connectivity index (χ3v) is 5.34.